The Balaban J connectivity index is 1.52. The third-order valence-corrected chi connectivity index (χ3v) is 6.92. The maximum absolute atomic E-state index is 12.0. The van der Waals surface area contributed by atoms with Crippen LogP contribution in [0.5, 0.6) is 0 Å². The monoisotopic (exact) mass is 479 g/mol. The quantitative estimate of drug-likeness (QED) is 0.287. The molecule has 7 heteroatoms. The number of thiophene rings is 1. The van der Waals surface area contributed by atoms with Crippen molar-refractivity contribution in [2.75, 3.05) is 6.54 Å². The number of hydrogen-bond acceptors (Lipinski definition) is 6. The molecule has 2 aromatic carbocycles. The van der Waals surface area contributed by atoms with Gasteiger partial charge in [0.1, 0.15) is 6.54 Å². The number of benzene rings is 2. The molecule has 35 heavy (non-hydrogen) atoms. The molecule has 4 rings (SSSR count). The fraction of sp³-hybridized carbons (Fsp3) is 0.179. The van der Waals surface area contributed by atoms with E-state index in [2.05, 4.69) is 47.3 Å². The molecule has 3 aromatic rings. The largest absolute Gasteiger partial charge is 0.377 e. The second-order valence-electron chi connectivity index (χ2n) is 8.40. The molecule has 0 spiro atoms. The van der Waals surface area contributed by atoms with Crippen molar-refractivity contribution in [2.45, 2.75) is 24.9 Å². The third kappa shape index (κ3) is 5.43. The minimum absolute atomic E-state index is 0.0693. The van der Waals surface area contributed by atoms with E-state index in [-0.39, 0.29) is 17.8 Å². The summed E-state index contributed by atoms with van der Waals surface area (Å²) in [4.78, 5) is 13.1. The molecular weight excluding hydrogens is 454 g/mol. The summed E-state index contributed by atoms with van der Waals surface area (Å²) >= 11 is 1.66. The SMILES string of the molecule is C=C(NCc1ccccc1C(=C)NC1(c2cc(C#N)cc(-c3cccs3)c2)CC1)C(=O)NCC#N. The minimum atomic E-state index is -0.406. The van der Waals surface area contributed by atoms with Gasteiger partial charge in [0, 0.05) is 22.7 Å². The van der Waals surface area contributed by atoms with E-state index in [1.54, 1.807) is 11.3 Å². The fourth-order valence-corrected chi connectivity index (χ4v) is 4.71. The van der Waals surface area contributed by atoms with Crippen molar-refractivity contribution in [3.8, 4) is 22.6 Å². The van der Waals surface area contributed by atoms with Crippen molar-refractivity contribution >= 4 is 22.9 Å². The van der Waals surface area contributed by atoms with Gasteiger partial charge < -0.3 is 16.0 Å². The van der Waals surface area contributed by atoms with Crippen LogP contribution in [0.3, 0.4) is 0 Å². The summed E-state index contributed by atoms with van der Waals surface area (Å²) < 4.78 is 0. The summed E-state index contributed by atoms with van der Waals surface area (Å²) in [5.74, 6) is -0.406. The summed E-state index contributed by atoms with van der Waals surface area (Å²) in [5.41, 5.74) is 5.37. The van der Waals surface area contributed by atoms with Gasteiger partial charge in [0.15, 0.2) is 0 Å². The van der Waals surface area contributed by atoms with E-state index < -0.39 is 5.91 Å². The van der Waals surface area contributed by atoms with Gasteiger partial charge in [-0.15, -0.1) is 11.3 Å². The van der Waals surface area contributed by atoms with Gasteiger partial charge in [-0.1, -0.05) is 43.5 Å². The normalized spacial score (nSPS) is 13.1. The van der Waals surface area contributed by atoms with Crippen molar-refractivity contribution in [1.29, 1.82) is 10.5 Å². The summed E-state index contributed by atoms with van der Waals surface area (Å²) in [7, 11) is 0. The van der Waals surface area contributed by atoms with Crippen LogP contribution >= 0.6 is 11.3 Å². The van der Waals surface area contributed by atoms with Crippen LogP contribution in [0, 0.1) is 22.7 Å². The molecule has 1 saturated carbocycles. The smallest absolute Gasteiger partial charge is 0.267 e. The molecule has 1 heterocycles. The number of rotatable bonds is 10. The van der Waals surface area contributed by atoms with E-state index in [0.717, 1.165) is 45.7 Å². The number of carbonyl (C=O) groups excluding carboxylic acids is 1. The van der Waals surface area contributed by atoms with Gasteiger partial charge in [-0.25, -0.2) is 0 Å². The first-order valence-corrected chi connectivity index (χ1v) is 12.1. The molecule has 174 valence electrons. The van der Waals surface area contributed by atoms with Gasteiger partial charge in [0.05, 0.1) is 28.9 Å². The standard InChI is InChI=1S/C28H25N5OS/c1-19(25-7-4-3-6-22(25)18-32-20(2)27(34)31-12-11-29)33-28(9-10-28)24-15-21(17-30)14-23(16-24)26-8-5-13-35-26/h3-8,13-16,32-33H,1-2,9-10,12,18H2,(H,31,34). The Hall–Kier alpha value is -4.33. The van der Waals surface area contributed by atoms with Crippen LogP contribution in [-0.4, -0.2) is 12.5 Å². The highest BCUT2D eigenvalue weighted by atomic mass is 32.1. The van der Waals surface area contributed by atoms with Gasteiger partial charge in [-0.2, -0.15) is 10.5 Å². The topological polar surface area (TPSA) is 101 Å². The van der Waals surface area contributed by atoms with E-state index in [0.29, 0.717) is 12.1 Å². The van der Waals surface area contributed by atoms with Crippen LogP contribution in [0.25, 0.3) is 16.1 Å². The van der Waals surface area contributed by atoms with E-state index in [4.69, 9.17) is 5.26 Å². The van der Waals surface area contributed by atoms with Crippen molar-refractivity contribution in [3.05, 3.63) is 101 Å². The van der Waals surface area contributed by atoms with E-state index in [9.17, 15) is 10.1 Å². The van der Waals surface area contributed by atoms with Crippen molar-refractivity contribution in [2.24, 2.45) is 0 Å². The van der Waals surface area contributed by atoms with Gasteiger partial charge in [-0.05, 0) is 59.2 Å². The molecule has 3 N–H and O–H groups in total. The first-order chi connectivity index (χ1) is 17.0. The zero-order valence-electron chi connectivity index (χ0n) is 19.2. The Bertz CT molecular complexity index is 1360. The predicted molar refractivity (Wildman–Crippen MR) is 139 cm³/mol. The molecule has 0 bridgehead atoms. The van der Waals surface area contributed by atoms with Crippen LogP contribution in [0.1, 0.15) is 35.1 Å². The zero-order chi connectivity index (χ0) is 24.8. The molecule has 1 aromatic heterocycles. The molecule has 1 amide bonds. The molecule has 0 saturated heterocycles. The number of nitriles is 2. The van der Waals surface area contributed by atoms with Gasteiger partial charge in [0.25, 0.3) is 5.91 Å². The van der Waals surface area contributed by atoms with E-state index >= 15 is 0 Å². The molecule has 0 radical (unpaired) electrons. The lowest BCUT2D eigenvalue weighted by atomic mass is 9.96. The van der Waals surface area contributed by atoms with Gasteiger partial charge in [-0.3, -0.25) is 4.79 Å². The summed E-state index contributed by atoms with van der Waals surface area (Å²) in [6, 6.07) is 22.2. The van der Waals surface area contributed by atoms with Crippen molar-refractivity contribution in [3.63, 3.8) is 0 Å². The highest BCUT2D eigenvalue weighted by Gasteiger charge is 2.45. The molecule has 1 fully saturated rings. The first-order valence-electron chi connectivity index (χ1n) is 11.2. The van der Waals surface area contributed by atoms with Crippen LogP contribution < -0.4 is 16.0 Å². The number of nitrogens with one attached hydrogen (secondary N) is 3. The van der Waals surface area contributed by atoms with Crippen LogP contribution in [-0.2, 0) is 16.9 Å². The molecule has 0 unspecified atom stereocenters. The number of carbonyl (C=O) groups is 1. The predicted octanol–water partition coefficient (Wildman–Crippen LogP) is 4.78. The van der Waals surface area contributed by atoms with E-state index in [1.165, 1.54) is 0 Å². The van der Waals surface area contributed by atoms with Crippen LogP contribution in [0.15, 0.2) is 78.8 Å². The van der Waals surface area contributed by atoms with Crippen LogP contribution in [0.4, 0.5) is 0 Å². The van der Waals surface area contributed by atoms with Gasteiger partial charge in [0.2, 0.25) is 0 Å². The minimum Gasteiger partial charge on any atom is -0.377 e. The van der Waals surface area contributed by atoms with Crippen molar-refractivity contribution in [1.82, 2.24) is 16.0 Å². The Morgan fingerprint density at radius 3 is 2.54 bits per heavy atom. The highest BCUT2D eigenvalue weighted by molar-refractivity contribution is 7.13. The average molecular weight is 480 g/mol. The Morgan fingerprint density at radius 2 is 1.86 bits per heavy atom. The lowest BCUT2D eigenvalue weighted by Crippen LogP contribution is -2.31. The molecule has 0 atom stereocenters. The summed E-state index contributed by atoms with van der Waals surface area (Å²) in [6.07, 6.45) is 1.89. The Kier molecular flexibility index (Phi) is 7.01. The molecule has 6 nitrogen and oxygen atoms in total. The van der Waals surface area contributed by atoms with Gasteiger partial charge >= 0.3 is 0 Å². The lowest BCUT2D eigenvalue weighted by Gasteiger charge is -2.23. The second kappa shape index (κ2) is 10.3. The average Bonchev–Trinajstić information content (AvgIpc) is 3.45. The summed E-state index contributed by atoms with van der Waals surface area (Å²) in [5, 5.41) is 29.4. The van der Waals surface area contributed by atoms with Crippen molar-refractivity contribution < 1.29 is 4.79 Å². The highest BCUT2D eigenvalue weighted by Crippen LogP contribution is 2.48. The zero-order valence-corrected chi connectivity index (χ0v) is 20.0. The first kappa shape index (κ1) is 23.8. The number of hydrogen-bond donors (Lipinski definition) is 3. The maximum Gasteiger partial charge on any atom is 0.267 e. The Labute approximate surface area is 209 Å². The lowest BCUT2D eigenvalue weighted by molar-refractivity contribution is -0.117. The number of amides is 1. The second-order valence-corrected chi connectivity index (χ2v) is 9.35. The molecular formula is C28H25N5OS. The molecule has 0 aliphatic heterocycles. The molecule has 1 aliphatic carbocycles. The maximum atomic E-state index is 12.0. The third-order valence-electron chi connectivity index (χ3n) is 6.00. The summed E-state index contributed by atoms with van der Waals surface area (Å²) in [6.45, 7) is 8.38. The fourth-order valence-electron chi connectivity index (χ4n) is 4.00. The Morgan fingerprint density at radius 1 is 1.06 bits per heavy atom. The molecule has 1 aliphatic rings. The van der Waals surface area contributed by atoms with E-state index in [1.807, 2.05) is 53.9 Å². The number of nitrogens with zero attached hydrogens (tertiary/aromatic N) is 2. The van der Waals surface area contributed by atoms with Crippen LogP contribution in [0.2, 0.25) is 0 Å².